The first-order chi connectivity index (χ1) is 13.7. The molecule has 29 heavy (non-hydrogen) atoms. The molecule has 0 aliphatic rings. The van der Waals surface area contributed by atoms with Crippen LogP contribution in [0.5, 0.6) is 0 Å². The molecule has 154 valence electrons. The number of benzene rings is 1. The van der Waals surface area contributed by atoms with Crippen LogP contribution in [0.3, 0.4) is 0 Å². The predicted octanol–water partition coefficient (Wildman–Crippen LogP) is 4.39. The van der Waals surface area contributed by atoms with Crippen molar-refractivity contribution >= 4 is 27.3 Å². The maximum Gasteiger partial charge on any atom is 0.314 e. The summed E-state index contributed by atoms with van der Waals surface area (Å²) in [4.78, 5) is 4.21. The zero-order valence-electron chi connectivity index (χ0n) is 15.5. The number of alkyl halides is 2. The van der Waals surface area contributed by atoms with Gasteiger partial charge in [-0.05, 0) is 49.7 Å². The summed E-state index contributed by atoms with van der Waals surface area (Å²) in [6.07, 6.45) is -1.50. The van der Waals surface area contributed by atoms with E-state index in [1.165, 1.54) is 10.5 Å². The molecule has 0 aliphatic heterocycles. The molecule has 7 nitrogen and oxygen atoms in total. The van der Waals surface area contributed by atoms with Gasteiger partial charge in [-0.3, -0.25) is 9.29 Å². The lowest BCUT2D eigenvalue weighted by atomic mass is 10.2. The lowest BCUT2D eigenvalue weighted by molar-refractivity contribution is 0.116. The third-order valence-electron chi connectivity index (χ3n) is 4.02. The number of aryl methyl sites for hydroxylation is 1. The van der Waals surface area contributed by atoms with Gasteiger partial charge in [-0.2, -0.15) is 8.78 Å². The Hall–Kier alpha value is -2.59. The van der Waals surface area contributed by atoms with E-state index in [1.807, 2.05) is 6.92 Å². The van der Waals surface area contributed by atoms with E-state index in [4.69, 9.17) is 16.0 Å². The van der Waals surface area contributed by atoms with Gasteiger partial charge in [0.15, 0.2) is 0 Å². The van der Waals surface area contributed by atoms with E-state index in [9.17, 15) is 17.2 Å². The maximum atomic E-state index is 12.6. The van der Waals surface area contributed by atoms with Crippen molar-refractivity contribution in [3.05, 3.63) is 58.7 Å². The first kappa shape index (κ1) is 21.1. The minimum absolute atomic E-state index is 0.0254. The molecular formula is C18H17ClF2N4O3S. The Balaban J connectivity index is 1.89. The van der Waals surface area contributed by atoms with Gasteiger partial charge < -0.3 is 4.42 Å². The van der Waals surface area contributed by atoms with Gasteiger partial charge in [-0.25, -0.2) is 8.42 Å². The summed E-state index contributed by atoms with van der Waals surface area (Å²) in [5.41, 5.74) is 2.04. The Morgan fingerprint density at radius 3 is 2.52 bits per heavy atom. The molecule has 2 aromatic heterocycles. The average molecular weight is 443 g/mol. The topological polar surface area (TPSA) is 89.2 Å². The average Bonchev–Trinajstić information content (AvgIpc) is 3.16. The Morgan fingerprint density at radius 2 is 1.97 bits per heavy atom. The number of pyridine rings is 1. The number of sulfonamides is 1. The summed E-state index contributed by atoms with van der Waals surface area (Å²) in [6, 6.07) is 8.13. The molecule has 2 heterocycles. The molecule has 1 aromatic carbocycles. The van der Waals surface area contributed by atoms with Gasteiger partial charge in [-0.1, -0.05) is 11.6 Å². The third kappa shape index (κ3) is 4.88. The molecule has 0 unspecified atom stereocenters. The SMILES string of the molecule is CCS(=O)(=O)N(Cc1ccc(-c2nnc(C(F)F)o2)cn1)c1cc(C)cc(Cl)c1. The van der Waals surface area contributed by atoms with Crippen molar-refractivity contribution in [2.75, 3.05) is 10.1 Å². The standard InChI is InChI=1S/C18H17ClF2N4O3S/c1-3-29(26,27)25(15-7-11(2)6-13(19)8-15)10-14-5-4-12(9-22-14)17-23-24-18(28-17)16(20)21/h4-9,16H,3,10H2,1-2H3. The highest BCUT2D eigenvalue weighted by atomic mass is 35.5. The molecule has 3 aromatic rings. The normalized spacial score (nSPS) is 11.8. The van der Waals surface area contributed by atoms with Crippen molar-refractivity contribution in [2.24, 2.45) is 0 Å². The Labute approximate surface area is 171 Å². The van der Waals surface area contributed by atoms with Gasteiger partial charge in [-0.15, -0.1) is 10.2 Å². The molecule has 0 N–H and O–H groups in total. The van der Waals surface area contributed by atoms with E-state index in [0.29, 0.717) is 22.0 Å². The summed E-state index contributed by atoms with van der Waals surface area (Å²) in [6.45, 7) is 3.34. The van der Waals surface area contributed by atoms with Crippen molar-refractivity contribution in [1.82, 2.24) is 15.2 Å². The van der Waals surface area contributed by atoms with Gasteiger partial charge in [0.25, 0.3) is 5.89 Å². The first-order valence-electron chi connectivity index (χ1n) is 8.54. The molecule has 0 atom stereocenters. The molecule has 0 amide bonds. The van der Waals surface area contributed by atoms with Crippen molar-refractivity contribution in [3.8, 4) is 11.5 Å². The van der Waals surface area contributed by atoms with Crippen LogP contribution in [0.4, 0.5) is 14.5 Å². The number of aromatic nitrogens is 3. The highest BCUT2D eigenvalue weighted by molar-refractivity contribution is 7.92. The second-order valence-corrected chi connectivity index (χ2v) is 8.80. The van der Waals surface area contributed by atoms with Crippen LogP contribution < -0.4 is 4.31 Å². The predicted molar refractivity (Wildman–Crippen MR) is 104 cm³/mol. The van der Waals surface area contributed by atoms with Crippen LogP contribution in [-0.2, 0) is 16.6 Å². The summed E-state index contributed by atoms with van der Waals surface area (Å²) in [7, 11) is -3.60. The number of rotatable bonds is 7. The van der Waals surface area contributed by atoms with Crippen molar-refractivity contribution in [3.63, 3.8) is 0 Å². The van der Waals surface area contributed by atoms with E-state index in [-0.39, 0.29) is 18.2 Å². The fourth-order valence-corrected chi connectivity index (χ4v) is 3.95. The Bertz CT molecular complexity index is 1080. The maximum absolute atomic E-state index is 12.6. The van der Waals surface area contributed by atoms with Crippen LogP contribution in [0.2, 0.25) is 5.02 Å². The molecule has 0 radical (unpaired) electrons. The Morgan fingerprint density at radius 1 is 1.21 bits per heavy atom. The molecule has 0 spiro atoms. The largest absolute Gasteiger partial charge is 0.415 e. The van der Waals surface area contributed by atoms with Crippen LogP contribution in [-0.4, -0.2) is 29.4 Å². The zero-order valence-corrected chi connectivity index (χ0v) is 17.1. The van der Waals surface area contributed by atoms with E-state index < -0.39 is 22.3 Å². The second kappa shape index (κ2) is 8.42. The Kier molecular flexibility index (Phi) is 6.13. The lowest BCUT2D eigenvalue weighted by Gasteiger charge is -2.24. The molecular weight excluding hydrogens is 426 g/mol. The van der Waals surface area contributed by atoms with Gasteiger partial charge in [0, 0.05) is 11.2 Å². The highest BCUT2D eigenvalue weighted by Gasteiger charge is 2.23. The van der Waals surface area contributed by atoms with E-state index >= 15 is 0 Å². The number of nitrogens with zero attached hydrogens (tertiary/aromatic N) is 4. The van der Waals surface area contributed by atoms with Crippen molar-refractivity contribution in [1.29, 1.82) is 0 Å². The van der Waals surface area contributed by atoms with Crippen molar-refractivity contribution in [2.45, 2.75) is 26.8 Å². The van der Waals surface area contributed by atoms with Gasteiger partial charge >= 0.3 is 6.43 Å². The summed E-state index contributed by atoms with van der Waals surface area (Å²) in [5.74, 6) is -0.974. The summed E-state index contributed by atoms with van der Waals surface area (Å²) >= 11 is 6.09. The molecule has 0 fully saturated rings. The van der Waals surface area contributed by atoms with Crippen LogP contribution in [0.1, 0.15) is 30.5 Å². The minimum atomic E-state index is -3.60. The quantitative estimate of drug-likeness (QED) is 0.539. The summed E-state index contributed by atoms with van der Waals surface area (Å²) < 4.78 is 56.5. The van der Waals surface area contributed by atoms with Gasteiger partial charge in [0.2, 0.25) is 15.9 Å². The van der Waals surface area contributed by atoms with Gasteiger partial charge in [0.1, 0.15) is 0 Å². The number of hydrogen-bond acceptors (Lipinski definition) is 6. The molecule has 0 saturated carbocycles. The van der Waals surface area contributed by atoms with E-state index in [0.717, 1.165) is 5.56 Å². The highest BCUT2D eigenvalue weighted by Crippen LogP contribution is 2.27. The minimum Gasteiger partial charge on any atom is -0.415 e. The van der Waals surface area contributed by atoms with Crippen LogP contribution in [0.15, 0.2) is 40.9 Å². The third-order valence-corrected chi connectivity index (χ3v) is 5.98. The van der Waals surface area contributed by atoms with Crippen molar-refractivity contribution < 1.29 is 21.6 Å². The monoisotopic (exact) mass is 442 g/mol. The van der Waals surface area contributed by atoms with Crippen LogP contribution in [0.25, 0.3) is 11.5 Å². The molecule has 0 saturated heterocycles. The smallest absolute Gasteiger partial charge is 0.314 e. The molecule has 3 rings (SSSR count). The fraction of sp³-hybridized carbons (Fsp3) is 0.278. The molecule has 0 aliphatic carbocycles. The first-order valence-corrected chi connectivity index (χ1v) is 10.5. The van der Waals surface area contributed by atoms with E-state index in [2.05, 4.69) is 15.2 Å². The number of anilines is 1. The van der Waals surface area contributed by atoms with Gasteiger partial charge in [0.05, 0.1) is 29.2 Å². The number of halogens is 3. The summed E-state index contributed by atoms with van der Waals surface area (Å²) in [5, 5.41) is 7.25. The zero-order chi connectivity index (χ0) is 21.2. The molecule has 0 bridgehead atoms. The van der Waals surface area contributed by atoms with E-state index in [1.54, 1.807) is 37.3 Å². The fourth-order valence-electron chi connectivity index (χ4n) is 2.60. The second-order valence-electron chi connectivity index (χ2n) is 6.18. The number of hydrogen-bond donors (Lipinski definition) is 0. The van der Waals surface area contributed by atoms with Crippen LogP contribution in [0, 0.1) is 6.92 Å². The van der Waals surface area contributed by atoms with Crippen LogP contribution >= 0.6 is 11.6 Å². The molecule has 11 heteroatoms. The lowest BCUT2D eigenvalue weighted by Crippen LogP contribution is -2.32.